The van der Waals surface area contributed by atoms with E-state index >= 15 is 0 Å². The molecule has 0 heterocycles. The van der Waals surface area contributed by atoms with E-state index in [1.165, 1.54) is 0 Å². The van der Waals surface area contributed by atoms with Crippen LogP contribution in [-0.4, -0.2) is 0 Å². The summed E-state index contributed by atoms with van der Waals surface area (Å²) in [5.74, 6) is 0. The van der Waals surface area contributed by atoms with Gasteiger partial charge in [-0.05, 0) is 21.6 Å². The van der Waals surface area contributed by atoms with Gasteiger partial charge in [0.2, 0.25) is 0 Å². The van der Waals surface area contributed by atoms with E-state index in [4.69, 9.17) is 0 Å². The fraction of sp³-hybridized carbons (Fsp3) is 0.143. The Hall–Kier alpha value is -2.36. The van der Waals surface area contributed by atoms with E-state index in [1.807, 2.05) is 60.7 Å². The highest BCUT2D eigenvalue weighted by Gasteiger charge is 1.87. The summed E-state index contributed by atoms with van der Waals surface area (Å²) in [5, 5.41) is 15.2. The largest absolute Gasteiger partial charge is 0.163 e. The van der Waals surface area contributed by atoms with Crippen molar-refractivity contribution in [1.82, 2.24) is 0 Å². The lowest BCUT2D eigenvalue weighted by atomic mass is 10.2. The fourth-order valence-corrected chi connectivity index (χ4v) is 1.45. The van der Waals surface area contributed by atoms with Crippen LogP contribution < -0.4 is 0 Å². The smallest absolute Gasteiger partial charge is 0.0872 e. The molecule has 90 valence electrons. The van der Waals surface area contributed by atoms with E-state index in [-0.39, 0.29) is 0 Å². The molecule has 0 radical (unpaired) electrons. The van der Waals surface area contributed by atoms with Crippen molar-refractivity contribution in [3.8, 4) is 0 Å². The van der Waals surface area contributed by atoms with Crippen molar-refractivity contribution in [1.29, 1.82) is 0 Å². The minimum Gasteiger partial charge on any atom is -0.163 e. The van der Waals surface area contributed by atoms with Crippen molar-refractivity contribution in [2.24, 2.45) is 20.7 Å². The zero-order valence-electron chi connectivity index (χ0n) is 9.98. The molecule has 0 unspecified atom stereocenters. The first-order valence-corrected chi connectivity index (χ1v) is 5.76. The van der Waals surface area contributed by atoms with Gasteiger partial charge in [-0.3, -0.25) is 0 Å². The van der Waals surface area contributed by atoms with Crippen LogP contribution in [0.5, 0.6) is 0 Å². The van der Waals surface area contributed by atoms with Gasteiger partial charge in [0, 0.05) is 0 Å². The molecule has 0 amide bonds. The van der Waals surface area contributed by atoms with Crippen LogP contribution in [0.4, 0.5) is 0 Å². The Labute approximate surface area is 106 Å². The molecule has 0 N–H and O–H groups in total. The third-order valence-electron chi connectivity index (χ3n) is 2.36. The summed E-state index contributed by atoms with van der Waals surface area (Å²) in [7, 11) is 0. The topological polar surface area (TPSA) is 49.4 Å². The maximum absolute atomic E-state index is 3.94. The Balaban J connectivity index is 1.75. The van der Waals surface area contributed by atoms with E-state index < -0.39 is 0 Å². The van der Waals surface area contributed by atoms with Crippen LogP contribution >= 0.6 is 0 Å². The molecule has 0 bridgehead atoms. The predicted molar refractivity (Wildman–Crippen MR) is 70.0 cm³/mol. The molecule has 4 heteroatoms. The third-order valence-corrected chi connectivity index (χ3v) is 2.36. The Bertz CT molecular complexity index is 456. The van der Waals surface area contributed by atoms with Gasteiger partial charge >= 0.3 is 0 Å². The van der Waals surface area contributed by atoms with Gasteiger partial charge in [0.15, 0.2) is 0 Å². The zero-order chi connectivity index (χ0) is 12.5. The van der Waals surface area contributed by atoms with Crippen LogP contribution in [-0.2, 0) is 13.1 Å². The Morgan fingerprint density at radius 2 is 0.944 bits per heavy atom. The van der Waals surface area contributed by atoms with E-state index in [1.54, 1.807) is 0 Å². The Morgan fingerprint density at radius 3 is 1.33 bits per heavy atom. The van der Waals surface area contributed by atoms with Gasteiger partial charge in [0.25, 0.3) is 0 Å². The summed E-state index contributed by atoms with van der Waals surface area (Å²) < 4.78 is 0. The molecular weight excluding hydrogens is 224 g/mol. The Morgan fingerprint density at radius 1 is 0.556 bits per heavy atom. The minimum absolute atomic E-state index is 0.533. The fourth-order valence-electron chi connectivity index (χ4n) is 1.45. The van der Waals surface area contributed by atoms with Crippen molar-refractivity contribution in [3.05, 3.63) is 71.8 Å². The molecule has 0 spiro atoms. The molecule has 2 aromatic rings. The number of hydrogen-bond donors (Lipinski definition) is 0. The van der Waals surface area contributed by atoms with Crippen molar-refractivity contribution in [2.75, 3.05) is 0 Å². The number of nitrogens with zero attached hydrogens (tertiary/aromatic N) is 4. The summed E-state index contributed by atoms with van der Waals surface area (Å²) in [4.78, 5) is 0. The molecule has 18 heavy (non-hydrogen) atoms. The molecule has 0 aliphatic rings. The van der Waals surface area contributed by atoms with Crippen LogP contribution in [0, 0.1) is 0 Å². The first-order valence-electron chi connectivity index (χ1n) is 5.76. The summed E-state index contributed by atoms with van der Waals surface area (Å²) in [6, 6.07) is 19.8. The highest BCUT2D eigenvalue weighted by molar-refractivity contribution is 5.14. The second-order valence-corrected chi connectivity index (χ2v) is 3.75. The summed E-state index contributed by atoms with van der Waals surface area (Å²) in [5.41, 5.74) is 2.22. The van der Waals surface area contributed by atoms with E-state index in [9.17, 15) is 0 Å². The molecule has 0 aliphatic carbocycles. The highest BCUT2D eigenvalue weighted by atomic mass is 15.5. The van der Waals surface area contributed by atoms with Gasteiger partial charge in [0.05, 0.1) is 13.1 Å². The SMILES string of the molecule is c1ccc(CN=NN=NCc2ccccc2)cc1. The highest BCUT2D eigenvalue weighted by Crippen LogP contribution is 2.02. The lowest BCUT2D eigenvalue weighted by Crippen LogP contribution is -1.78. The molecule has 0 aliphatic heterocycles. The first-order chi connectivity index (χ1) is 8.95. The van der Waals surface area contributed by atoms with Gasteiger partial charge in [-0.2, -0.15) is 10.2 Å². The summed E-state index contributed by atoms with van der Waals surface area (Å²) in [6.45, 7) is 1.07. The van der Waals surface area contributed by atoms with Crippen LogP contribution in [0.2, 0.25) is 0 Å². The van der Waals surface area contributed by atoms with E-state index in [0.29, 0.717) is 13.1 Å². The van der Waals surface area contributed by atoms with Gasteiger partial charge in [0.1, 0.15) is 0 Å². The molecule has 2 rings (SSSR count). The van der Waals surface area contributed by atoms with Crippen molar-refractivity contribution >= 4 is 0 Å². The van der Waals surface area contributed by atoms with Gasteiger partial charge in [-0.15, -0.1) is 0 Å². The van der Waals surface area contributed by atoms with E-state index in [0.717, 1.165) is 11.1 Å². The van der Waals surface area contributed by atoms with E-state index in [2.05, 4.69) is 20.7 Å². The van der Waals surface area contributed by atoms with Crippen LogP contribution in [0.1, 0.15) is 11.1 Å². The number of rotatable bonds is 5. The lowest BCUT2D eigenvalue weighted by Gasteiger charge is -1.92. The van der Waals surface area contributed by atoms with Crippen LogP contribution in [0.15, 0.2) is 81.3 Å². The molecule has 0 aromatic heterocycles. The number of hydrogen-bond acceptors (Lipinski definition) is 2. The summed E-state index contributed by atoms with van der Waals surface area (Å²) in [6.07, 6.45) is 0. The quantitative estimate of drug-likeness (QED) is 0.553. The minimum atomic E-state index is 0.533. The average molecular weight is 238 g/mol. The van der Waals surface area contributed by atoms with Crippen LogP contribution in [0.3, 0.4) is 0 Å². The van der Waals surface area contributed by atoms with Gasteiger partial charge < -0.3 is 0 Å². The second-order valence-electron chi connectivity index (χ2n) is 3.75. The predicted octanol–water partition coefficient (Wildman–Crippen LogP) is 4.21. The molecular formula is C14H14N4. The normalized spacial score (nSPS) is 11.3. The van der Waals surface area contributed by atoms with Crippen molar-refractivity contribution in [3.63, 3.8) is 0 Å². The first kappa shape index (κ1) is 12.1. The molecule has 0 saturated heterocycles. The monoisotopic (exact) mass is 238 g/mol. The van der Waals surface area contributed by atoms with Crippen molar-refractivity contribution < 1.29 is 0 Å². The van der Waals surface area contributed by atoms with Gasteiger partial charge in [-0.25, -0.2) is 0 Å². The third kappa shape index (κ3) is 4.25. The van der Waals surface area contributed by atoms with Crippen molar-refractivity contribution in [2.45, 2.75) is 13.1 Å². The average Bonchev–Trinajstić information content (AvgIpc) is 2.45. The standard InChI is InChI=1S/C14H14N4/c1-3-7-13(8-4-1)11-15-17-18-16-12-14-9-5-2-6-10-14/h1-10H,11-12H2. The maximum atomic E-state index is 3.94. The molecule has 0 saturated carbocycles. The van der Waals surface area contributed by atoms with Crippen LogP contribution in [0.25, 0.3) is 0 Å². The summed E-state index contributed by atoms with van der Waals surface area (Å²) >= 11 is 0. The second kappa shape index (κ2) is 7.06. The molecule has 4 nitrogen and oxygen atoms in total. The van der Waals surface area contributed by atoms with Gasteiger partial charge in [-0.1, -0.05) is 60.7 Å². The molecule has 2 aromatic carbocycles. The maximum Gasteiger partial charge on any atom is 0.0872 e. The lowest BCUT2D eigenvalue weighted by molar-refractivity contribution is 0.803. The molecule has 0 fully saturated rings. The molecule has 0 atom stereocenters. The number of benzene rings is 2. The zero-order valence-corrected chi connectivity index (χ0v) is 9.98. The Kier molecular flexibility index (Phi) is 4.75.